The summed E-state index contributed by atoms with van der Waals surface area (Å²) in [4.78, 5) is 22.4. The average Bonchev–Trinajstić information content (AvgIpc) is 3.88. The number of carbonyl (C=O) groups is 1. The molecule has 1 aromatic carbocycles. The average molecular weight is 845 g/mol. The monoisotopic (exact) mass is 844 g/mol. The standard InChI is InChI=1S/C25H32F5N3O.C8H15N.C5H4N2S.C3H4ClFO/c1-7-16(4)11-12-20(15(2)3)33(5)23-18-14-19(25(28,29)30)17(10-8-9-13-26)21(27)22(18)31-24(32-23)34-6;1-7-5-8-3-2-4-9(8)6-7;6-3-4-1-2-8-5(4)7;1-2(6)3(4)5/h8-10,13-16,20H,7,11-12H2,1-6H3;7-8H,2-6H2,1H3;1-2H,7H2;3H,1H3/b10-8+,13-9+;;;/t;7-,8?;;/m.1../s1. The molecule has 2 N–H and O–H groups in total. The van der Waals surface area contributed by atoms with Crippen LogP contribution in [0.5, 0.6) is 6.01 Å². The highest BCUT2D eigenvalue weighted by Gasteiger charge is 2.37. The minimum atomic E-state index is -4.85. The Balaban J connectivity index is 0.000000385. The van der Waals surface area contributed by atoms with Crippen molar-refractivity contribution >= 4 is 56.5 Å². The quantitative estimate of drug-likeness (QED) is 0.115. The van der Waals surface area contributed by atoms with Crippen LogP contribution in [0, 0.1) is 34.9 Å². The number of Topliss-reactive ketones (excluding diaryl/α,β-unsaturated/α-hetero) is 1. The highest BCUT2D eigenvalue weighted by Crippen LogP contribution is 2.40. The molecule has 2 aliphatic heterocycles. The van der Waals surface area contributed by atoms with Crippen LogP contribution in [0.2, 0.25) is 0 Å². The number of anilines is 2. The summed E-state index contributed by atoms with van der Waals surface area (Å²) in [7, 11) is 3.05. The zero-order chi connectivity index (χ0) is 43.0. The molecule has 0 amide bonds. The van der Waals surface area contributed by atoms with E-state index in [0.29, 0.717) is 16.5 Å². The lowest BCUT2D eigenvalue weighted by Gasteiger charge is -2.34. The van der Waals surface area contributed by atoms with Gasteiger partial charge in [0.2, 0.25) is 5.63 Å². The number of ketones is 1. The van der Waals surface area contributed by atoms with Crippen LogP contribution in [0.15, 0.2) is 36.0 Å². The van der Waals surface area contributed by atoms with E-state index >= 15 is 4.39 Å². The number of nitriles is 1. The van der Waals surface area contributed by atoms with Crippen LogP contribution in [-0.2, 0) is 11.0 Å². The lowest BCUT2D eigenvalue weighted by Crippen LogP contribution is -2.37. The van der Waals surface area contributed by atoms with Gasteiger partial charge in [-0.2, -0.15) is 28.4 Å². The fourth-order valence-electron chi connectivity index (χ4n) is 6.70. The van der Waals surface area contributed by atoms with Gasteiger partial charge >= 0.3 is 12.2 Å². The van der Waals surface area contributed by atoms with E-state index in [1.54, 1.807) is 23.4 Å². The summed E-state index contributed by atoms with van der Waals surface area (Å²) >= 11 is 5.98. The Morgan fingerprint density at radius 2 is 1.91 bits per heavy atom. The summed E-state index contributed by atoms with van der Waals surface area (Å²) < 4.78 is 85.9. The predicted molar refractivity (Wildman–Crippen MR) is 219 cm³/mol. The Labute approximate surface area is 341 Å². The molecule has 16 heteroatoms. The van der Waals surface area contributed by atoms with Gasteiger partial charge in [-0.15, -0.1) is 11.3 Å². The van der Waals surface area contributed by atoms with Gasteiger partial charge in [-0.1, -0.05) is 64.8 Å². The molecule has 316 valence electrons. The van der Waals surface area contributed by atoms with Gasteiger partial charge in [0, 0.05) is 36.6 Å². The molecular formula is C41H55ClF6N6O2S. The first kappa shape index (κ1) is 49.3. The van der Waals surface area contributed by atoms with Gasteiger partial charge < -0.3 is 20.3 Å². The summed E-state index contributed by atoms with van der Waals surface area (Å²) in [6.45, 7) is 14.6. The van der Waals surface area contributed by atoms with Crippen molar-refractivity contribution in [1.29, 1.82) is 5.26 Å². The Morgan fingerprint density at radius 1 is 1.25 bits per heavy atom. The van der Waals surface area contributed by atoms with Crippen LogP contribution in [0.4, 0.5) is 37.2 Å². The van der Waals surface area contributed by atoms with Crippen LogP contribution < -0.4 is 15.4 Å². The van der Waals surface area contributed by atoms with Gasteiger partial charge in [0.15, 0.2) is 11.6 Å². The van der Waals surface area contributed by atoms with Gasteiger partial charge in [0.25, 0.3) is 0 Å². The Hall–Kier alpha value is -3.87. The first-order valence-corrected chi connectivity index (χ1v) is 20.2. The molecule has 3 aromatic rings. The zero-order valence-electron chi connectivity index (χ0n) is 33.8. The lowest BCUT2D eigenvalue weighted by molar-refractivity contribution is -0.137. The van der Waals surface area contributed by atoms with Crippen molar-refractivity contribution in [1.82, 2.24) is 14.9 Å². The number of nitrogen functional groups attached to an aromatic ring is 1. The minimum Gasteiger partial charge on any atom is -0.467 e. The number of aromatic nitrogens is 2. The second kappa shape index (κ2) is 23.5. The van der Waals surface area contributed by atoms with E-state index in [1.165, 1.54) is 50.8 Å². The number of hydrogen-bond acceptors (Lipinski definition) is 9. The third-order valence-corrected chi connectivity index (χ3v) is 11.0. The number of rotatable bonds is 11. The van der Waals surface area contributed by atoms with Gasteiger partial charge in [0.1, 0.15) is 22.4 Å². The maximum absolute atomic E-state index is 15.5. The van der Waals surface area contributed by atoms with E-state index in [9.17, 15) is 26.7 Å². The van der Waals surface area contributed by atoms with Crippen molar-refractivity contribution in [3.63, 3.8) is 0 Å². The highest BCUT2D eigenvalue weighted by atomic mass is 35.5. The number of alkyl halides is 5. The van der Waals surface area contributed by atoms with Crippen LogP contribution in [0.1, 0.15) is 96.8 Å². The number of methoxy groups -OCH3 is 1. The van der Waals surface area contributed by atoms with Crippen LogP contribution >= 0.6 is 22.9 Å². The number of hydrogen-bond donors (Lipinski definition) is 1. The molecule has 4 unspecified atom stereocenters. The molecule has 5 atom stereocenters. The molecule has 57 heavy (non-hydrogen) atoms. The number of carbonyl (C=O) groups excluding carboxylic acids is 1. The summed E-state index contributed by atoms with van der Waals surface area (Å²) in [6.07, 6.45) is 5.18. The second-order valence-corrected chi connectivity index (χ2v) is 16.0. The fourth-order valence-corrected chi connectivity index (χ4v) is 7.29. The van der Waals surface area contributed by atoms with Gasteiger partial charge in [-0.05, 0) is 86.9 Å². The van der Waals surface area contributed by atoms with E-state index in [-0.39, 0.29) is 41.0 Å². The third kappa shape index (κ3) is 14.8. The van der Waals surface area contributed by atoms with Gasteiger partial charge in [-0.25, -0.2) is 13.2 Å². The van der Waals surface area contributed by atoms with Crippen LogP contribution in [0.25, 0.3) is 17.0 Å². The van der Waals surface area contributed by atoms with Crippen molar-refractivity contribution in [2.45, 2.75) is 104 Å². The third-order valence-electron chi connectivity index (χ3n) is 9.96. The van der Waals surface area contributed by atoms with Crippen LogP contribution in [0.3, 0.4) is 0 Å². The molecule has 0 bridgehead atoms. The Morgan fingerprint density at radius 3 is 2.39 bits per heavy atom. The van der Waals surface area contributed by atoms with Crippen molar-refractivity contribution in [2.75, 3.05) is 37.9 Å². The molecule has 0 saturated carbocycles. The van der Waals surface area contributed by atoms with Crippen molar-refractivity contribution in [2.24, 2.45) is 17.8 Å². The molecule has 2 fully saturated rings. The molecule has 0 radical (unpaired) electrons. The Bertz CT molecular complexity index is 1820. The maximum atomic E-state index is 15.5. The maximum Gasteiger partial charge on any atom is 0.417 e. The molecule has 0 aliphatic carbocycles. The SMILES string of the molecule is CC(=O)C(F)Cl.CCC(C)CCC(C(C)C)N(C)c1nc(OC)nc2c(F)c(/C=C/C=C/F)c(C(F)(F)F)cc12.C[C@@H]1CC2CCCN2C1.N#Cc1ccsc1N. The van der Waals surface area contributed by atoms with E-state index in [1.807, 2.05) is 19.9 Å². The number of halogens is 7. The first-order chi connectivity index (χ1) is 26.8. The number of fused-ring (bicyclic) bond motifs is 2. The number of nitrogens with two attached hydrogens (primary N) is 1. The summed E-state index contributed by atoms with van der Waals surface area (Å²) in [5.41, 5.74) is 1.89. The molecule has 2 aromatic heterocycles. The molecule has 4 heterocycles. The minimum absolute atomic E-state index is 0.0523. The zero-order valence-corrected chi connectivity index (χ0v) is 35.4. The van der Waals surface area contributed by atoms with E-state index in [0.717, 1.165) is 62.4 Å². The van der Waals surface area contributed by atoms with Crippen molar-refractivity contribution in [3.05, 3.63) is 58.5 Å². The molecule has 5 rings (SSSR count). The van der Waals surface area contributed by atoms with E-state index in [2.05, 4.69) is 47.2 Å². The smallest absolute Gasteiger partial charge is 0.417 e. The number of ether oxygens (including phenoxy) is 1. The van der Waals surface area contributed by atoms with E-state index in [4.69, 9.17) is 15.7 Å². The molecular weight excluding hydrogens is 790 g/mol. The fraction of sp³-hybridized carbons (Fsp3) is 0.561. The molecule has 0 spiro atoms. The molecule has 8 nitrogen and oxygen atoms in total. The number of benzene rings is 1. The summed E-state index contributed by atoms with van der Waals surface area (Å²) in [6, 6.07) is 5.30. The summed E-state index contributed by atoms with van der Waals surface area (Å²) in [5.74, 6) is -0.0235. The first-order valence-electron chi connectivity index (χ1n) is 18.9. The van der Waals surface area contributed by atoms with Crippen LogP contribution in [-0.4, -0.2) is 65.6 Å². The second-order valence-electron chi connectivity index (χ2n) is 14.6. The number of nitrogens with zero attached hydrogens (tertiary/aromatic N) is 5. The number of thiophene rings is 1. The molecule has 2 saturated heterocycles. The van der Waals surface area contributed by atoms with Gasteiger partial charge in [0.05, 0.1) is 24.6 Å². The van der Waals surface area contributed by atoms with Crippen molar-refractivity contribution < 1.29 is 35.9 Å². The largest absolute Gasteiger partial charge is 0.467 e. The van der Waals surface area contributed by atoms with Gasteiger partial charge in [-0.3, -0.25) is 4.79 Å². The lowest BCUT2D eigenvalue weighted by atomic mass is 9.92. The topological polar surface area (TPSA) is 108 Å². The summed E-state index contributed by atoms with van der Waals surface area (Å²) in [5, 5.41) is 10.6. The Kier molecular flexibility index (Phi) is 20.3. The normalized spacial score (nSPS) is 18.2. The van der Waals surface area contributed by atoms with E-state index < -0.39 is 34.5 Å². The number of allylic oxidation sites excluding steroid dienone is 2. The van der Waals surface area contributed by atoms with Crippen molar-refractivity contribution in [3.8, 4) is 12.1 Å². The highest BCUT2D eigenvalue weighted by molar-refractivity contribution is 7.14. The molecule has 2 aliphatic rings. The predicted octanol–water partition coefficient (Wildman–Crippen LogP) is 11.4.